The Kier molecular flexibility index (Phi) is 4.30. The van der Waals surface area contributed by atoms with Crippen molar-refractivity contribution in [3.8, 4) is 0 Å². The second kappa shape index (κ2) is 5.32. The molecule has 2 rings (SSSR count). The number of rotatable bonds is 1. The van der Waals surface area contributed by atoms with Crippen LogP contribution in [0.2, 0.25) is 10.9 Å². The van der Waals surface area contributed by atoms with E-state index in [4.69, 9.17) is 0 Å². The molecule has 10 radical (unpaired) electrons. The SMILES string of the molecule is CC(C)[C@]12[B][B][B][B][B][B][B][B][B][C@H]1[B]2. The molecule has 0 bridgehead atoms. The van der Waals surface area contributed by atoms with E-state index in [2.05, 4.69) is 84.9 Å². The molecule has 0 aliphatic carbocycles. The molecule has 0 unspecified atom stereocenters. The Bertz CT molecular complexity index is 208. The predicted molar refractivity (Wildman–Crippen MR) is 78.8 cm³/mol. The molecule has 2 atom stereocenters. The Hall–Kier alpha value is 0.649. The first-order valence-corrected chi connectivity index (χ1v) is 5.64. The summed E-state index contributed by atoms with van der Waals surface area (Å²) in [6.45, 7) is 4.58. The molecule has 0 aromatic heterocycles. The highest BCUT2D eigenvalue weighted by molar-refractivity contribution is 7.68. The molecule has 0 spiro atoms. The van der Waals surface area contributed by atoms with Crippen molar-refractivity contribution >= 4 is 71.0 Å². The zero-order valence-electron chi connectivity index (χ0n) is 9.43. The Labute approximate surface area is 102 Å². The lowest BCUT2D eigenvalue weighted by Crippen LogP contribution is -2.31. The van der Waals surface area contributed by atoms with E-state index < -0.39 is 0 Å². The standard InChI is InChI=1S/C5H8B10/c1-3(2)5-4(6-5)7-9-11-13-15-14-12-10-8-5/h3-4H,1-2H3/t4-,5+/m1/s1. The summed E-state index contributed by atoms with van der Waals surface area (Å²) in [4.78, 5) is 0. The van der Waals surface area contributed by atoms with Crippen molar-refractivity contribution < 1.29 is 0 Å². The van der Waals surface area contributed by atoms with E-state index in [-0.39, 0.29) is 0 Å². The lowest BCUT2D eigenvalue weighted by molar-refractivity contribution is 0.610. The summed E-state index contributed by atoms with van der Waals surface area (Å²) in [5.74, 6) is 0.672. The molecule has 2 saturated heterocycles. The van der Waals surface area contributed by atoms with Crippen LogP contribution in [-0.4, -0.2) is 71.0 Å². The molecule has 0 amide bonds. The van der Waals surface area contributed by atoms with Crippen molar-refractivity contribution in [3.63, 3.8) is 0 Å². The van der Waals surface area contributed by atoms with Crippen molar-refractivity contribution in [2.24, 2.45) is 5.92 Å². The van der Waals surface area contributed by atoms with Crippen molar-refractivity contribution in [1.29, 1.82) is 0 Å². The third-order valence-electron chi connectivity index (χ3n) is 3.31. The van der Waals surface area contributed by atoms with Gasteiger partial charge in [0.05, 0.1) is 14.4 Å². The van der Waals surface area contributed by atoms with Gasteiger partial charge in [-0.05, 0) is 0 Å². The van der Waals surface area contributed by atoms with Crippen molar-refractivity contribution in [2.75, 3.05) is 0 Å². The number of hydrogen-bond acceptors (Lipinski definition) is 0. The van der Waals surface area contributed by atoms with Gasteiger partial charge in [-0.3, -0.25) is 0 Å². The summed E-state index contributed by atoms with van der Waals surface area (Å²) < 4.78 is 0. The summed E-state index contributed by atoms with van der Waals surface area (Å²) >= 11 is 0. The smallest absolute Gasteiger partial charge is 0.0983 e. The van der Waals surface area contributed by atoms with Crippen molar-refractivity contribution in [1.82, 2.24) is 0 Å². The minimum Gasteiger partial charge on any atom is -0.112 e. The van der Waals surface area contributed by atoms with Crippen LogP contribution in [0.1, 0.15) is 13.8 Å². The van der Waals surface area contributed by atoms with Gasteiger partial charge in [-0.15, -0.1) is 10.9 Å². The van der Waals surface area contributed by atoms with Crippen LogP contribution in [0, 0.1) is 5.92 Å². The maximum absolute atomic E-state index is 2.43. The van der Waals surface area contributed by atoms with Gasteiger partial charge in [0.15, 0.2) is 0 Å². The highest BCUT2D eigenvalue weighted by atomic mass is 14.3. The fourth-order valence-corrected chi connectivity index (χ4v) is 2.15. The lowest BCUT2D eigenvalue weighted by Gasteiger charge is -2.23. The molecule has 10 heteroatoms. The first-order chi connectivity index (χ1) is 7.26. The molecule has 15 heavy (non-hydrogen) atoms. The highest BCUT2D eigenvalue weighted by Crippen LogP contribution is 2.59. The molecule has 0 nitrogen and oxygen atoms in total. The summed E-state index contributed by atoms with van der Waals surface area (Å²) in [6.07, 6.45) is 0. The lowest BCUT2D eigenvalue weighted by atomic mass is 8.89. The molecule has 0 aromatic carbocycles. The summed E-state index contributed by atoms with van der Waals surface area (Å²) in [7, 11) is 21.7. The van der Waals surface area contributed by atoms with E-state index in [0.717, 1.165) is 0 Å². The zero-order chi connectivity index (χ0) is 10.7. The summed E-state index contributed by atoms with van der Waals surface area (Å²) in [5.41, 5.74) is 0.616. The van der Waals surface area contributed by atoms with Gasteiger partial charge in [0.25, 0.3) is 0 Å². The summed E-state index contributed by atoms with van der Waals surface area (Å²) in [5, 5.41) is 0.305. The fourth-order valence-electron chi connectivity index (χ4n) is 2.15. The molecule has 2 heterocycles. The van der Waals surface area contributed by atoms with Crippen LogP contribution >= 0.6 is 0 Å². The molecule has 2 aliphatic heterocycles. The average molecular weight is 176 g/mol. The van der Waals surface area contributed by atoms with E-state index in [9.17, 15) is 0 Å². The normalized spacial score (nSPS) is 32.9. The Morgan fingerprint density at radius 3 is 2.13 bits per heavy atom. The van der Waals surface area contributed by atoms with Crippen LogP contribution in [0.15, 0.2) is 0 Å². The van der Waals surface area contributed by atoms with Crippen LogP contribution in [0.4, 0.5) is 0 Å². The second-order valence-electron chi connectivity index (χ2n) is 4.55. The quantitative estimate of drug-likeness (QED) is 0.401. The first kappa shape index (κ1) is 12.1. The van der Waals surface area contributed by atoms with Crippen LogP contribution < -0.4 is 0 Å². The van der Waals surface area contributed by atoms with Gasteiger partial charge in [-0.25, -0.2) is 0 Å². The van der Waals surface area contributed by atoms with Crippen molar-refractivity contribution in [3.05, 3.63) is 0 Å². The van der Waals surface area contributed by atoms with E-state index in [1.165, 1.54) is 0 Å². The molecular formula is C5H8B10. The minimum atomic E-state index is 0.305. The van der Waals surface area contributed by atoms with Gasteiger partial charge in [-0.2, -0.15) is 0 Å². The van der Waals surface area contributed by atoms with E-state index in [0.29, 0.717) is 16.8 Å². The number of hydrogen-bond donors (Lipinski definition) is 0. The third kappa shape index (κ3) is 2.86. The zero-order valence-corrected chi connectivity index (χ0v) is 9.43. The van der Waals surface area contributed by atoms with Gasteiger partial charge >= 0.3 is 0 Å². The van der Waals surface area contributed by atoms with Crippen LogP contribution in [0.5, 0.6) is 0 Å². The van der Waals surface area contributed by atoms with Crippen LogP contribution in [0.25, 0.3) is 0 Å². The average Bonchev–Trinajstić information content (AvgIpc) is 2.89. The molecule has 58 valence electrons. The Morgan fingerprint density at radius 2 is 1.47 bits per heavy atom. The van der Waals surface area contributed by atoms with Gasteiger partial charge in [0.2, 0.25) is 0 Å². The molecule has 2 aliphatic rings. The van der Waals surface area contributed by atoms with Gasteiger partial charge in [0, 0.05) is 56.6 Å². The van der Waals surface area contributed by atoms with E-state index >= 15 is 0 Å². The first-order valence-electron chi connectivity index (χ1n) is 5.64. The maximum Gasteiger partial charge on any atom is 0.0983 e. The largest absolute Gasteiger partial charge is 0.112 e. The monoisotopic (exact) mass is 178 g/mol. The van der Waals surface area contributed by atoms with Gasteiger partial charge in [-0.1, -0.05) is 19.8 Å². The van der Waals surface area contributed by atoms with Crippen LogP contribution in [0.3, 0.4) is 0 Å². The highest BCUT2D eigenvalue weighted by Gasteiger charge is 2.53. The predicted octanol–water partition coefficient (Wildman–Crippen LogP) is -2.11. The van der Waals surface area contributed by atoms with Crippen LogP contribution in [-0.2, 0) is 0 Å². The molecule has 2 fully saturated rings. The Balaban J connectivity index is 1.89. The molecule has 0 aromatic rings. The molecule has 0 saturated carbocycles. The minimum absolute atomic E-state index is 0.305. The number of fused-ring (bicyclic) bond motifs is 1. The van der Waals surface area contributed by atoms with E-state index in [1.54, 1.807) is 0 Å². The molecular weight excluding hydrogens is 168 g/mol. The third-order valence-corrected chi connectivity index (χ3v) is 3.31. The van der Waals surface area contributed by atoms with Crippen molar-refractivity contribution in [2.45, 2.75) is 24.8 Å². The van der Waals surface area contributed by atoms with Gasteiger partial charge in [0.1, 0.15) is 0 Å². The summed E-state index contributed by atoms with van der Waals surface area (Å²) in [6, 6.07) is 0. The second-order valence-corrected chi connectivity index (χ2v) is 4.55. The maximum atomic E-state index is 2.43. The molecule has 0 N–H and O–H groups in total. The topological polar surface area (TPSA) is 0 Å². The van der Waals surface area contributed by atoms with Gasteiger partial charge < -0.3 is 0 Å². The van der Waals surface area contributed by atoms with E-state index in [1.807, 2.05) is 0 Å². The fraction of sp³-hybridized carbons (Fsp3) is 1.00. The Morgan fingerprint density at radius 1 is 0.867 bits per heavy atom.